The standard InChI is InChI=1S/C4H6N.C3H6NO.Y/c1-2-4-5-3-1;1-3(5)4-2;/h1-3H2;1H2,2H3,(H,4,5);/q2*-1;. The van der Waals surface area contributed by atoms with Crippen LogP contribution in [-0.4, -0.2) is 25.7 Å². The third-order valence-corrected chi connectivity index (χ3v) is 0.949. The molecule has 1 rings (SSSR count). The molecule has 0 aromatic rings. The molecule has 0 aromatic carbocycles. The van der Waals surface area contributed by atoms with E-state index in [-0.39, 0.29) is 38.6 Å². The summed E-state index contributed by atoms with van der Waals surface area (Å²) in [5, 5.41) is 2.28. The van der Waals surface area contributed by atoms with Crippen molar-refractivity contribution in [2.24, 2.45) is 4.99 Å². The van der Waals surface area contributed by atoms with E-state index in [1.54, 1.807) is 0 Å². The quantitative estimate of drug-likeness (QED) is 0.596. The van der Waals surface area contributed by atoms with Gasteiger partial charge in [-0.1, -0.05) is 6.42 Å². The number of amides is 1. The Morgan fingerprint density at radius 3 is 2.36 bits per heavy atom. The summed E-state index contributed by atoms with van der Waals surface area (Å²) in [6.45, 7) is 4.02. The summed E-state index contributed by atoms with van der Waals surface area (Å²) < 4.78 is 0. The molecule has 1 aliphatic rings. The van der Waals surface area contributed by atoms with E-state index in [1.807, 2.05) is 0 Å². The van der Waals surface area contributed by atoms with Crippen LogP contribution in [0.2, 0.25) is 0 Å². The van der Waals surface area contributed by atoms with Gasteiger partial charge in [0.05, 0.1) is 5.91 Å². The molecule has 0 saturated carbocycles. The van der Waals surface area contributed by atoms with Crippen molar-refractivity contribution in [1.29, 1.82) is 0 Å². The first-order valence-corrected chi connectivity index (χ1v) is 3.20. The van der Waals surface area contributed by atoms with E-state index in [4.69, 9.17) is 0 Å². The molecule has 61 valence electrons. The van der Waals surface area contributed by atoms with Crippen LogP contribution in [0, 0.1) is 6.92 Å². The van der Waals surface area contributed by atoms with E-state index in [1.165, 1.54) is 13.5 Å². The molecule has 0 bridgehead atoms. The van der Waals surface area contributed by atoms with Crippen LogP contribution in [0.1, 0.15) is 12.8 Å². The van der Waals surface area contributed by atoms with E-state index in [0.717, 1.165) is 13.0 Å². The van der Waals surface area contributed by atoms with Gasteiger partial charge in [-0.15, -0.1) is 0 Å². The molecule has 11 heavy (non-hydrogen) atoms. The largest absolute Gasteiger partial charge is 0.503 e. The van der Waals surface area contributed by atoms with Gasteiger partial charge in [-0.3, -0.25) is 0 Å². The summed E-state index contributed by atoms with van der Waals surface area (Å²) in [5.41, 5.74) is 0. The summed E-state index contributed by atoms with van der Waals surface area (Å²) in [7, 11) is 1.54. The van der Waals surface area contributed by atoms with Crippen LogP contribution in [0.4, 0.5) is 0 Å². The second-order valence-electron chi connectivity index (χ2n) is 1.82. The maximum atomic E-state index is 9.59. The normalized spacial score (nSPS) is 12.5. The van der Waals surface area contributed by atoms with Gasteiger partial charge in [0.2, 0.25) is 0 Å². The monoisotopic (exact) mass is 229 g/mol. The molecule has 0 saturated heterocycles. The van der Waals surface area contributed by atoms with E-state index < -0.39 is 0 Å². The van der Waals surface area contributed by atoms with Gasteiger partial charge in [0, 0.05) is 39.8 Å². The molecule has 3 nitrogen and oxygen atoms in total. The minimum atomic E-state index is -0.245. The SMILES string of the molecule is [C-]1=NCCC1.[CH2-]C(=O)NC.[Y]. The molecule has 1 aliphatic heterocycles. The molecular formula is C7H12N2OY-2. The Morgan fingerprint density at radius 1 is 1.73 bits per heavy atom. The van der Waals surface area contributed by atoms with E-state index in [0.29, 0.717) is 0 Å². The fourth-order valence-electron chi connectivity index (χ4n) is 0.395. The van der Waals surface area contributed by atoms with Gasteiger partial charge in [-0.2, -0.15) is 6.42 Å². The first kappa shape index (κ1) is 13.7. The Morgan fingerprint density at radius 2 is 2.27 bits per heavy atom. The Kier molecular flexibility index (Phi) is 12.6. The van der Waals surface area contributed by atoms with Gasteiger partial charge in [-0.05, 0) is 6.54 Å². The van der Waals surface area contributed by atoms with Gasteiger partial charge >= 0.3 is 0 Å². The Balaban J connectivity index is 0. The minimum Gasteiger partial charge on any atom is -0.503 e. The van der Waals surface area contributed by atoms with Crippen LogP contribution in [0.15, 0.2) is 4.99 Å². The zero-order valence-electron chi connectivity index (χ0n) is 6.76. The number of hydrogen-bond acceptors (Lipinski definition) is 2. The summed E-state index contributed by atoms with van der Waals surface area (Å²) in [5.74, 6) is -0.245. The molecule has 0 spiro atoms. The van der Waals surface area contributed by atoms with Gasteiger partial charge in [0.15, 0.2) is 0 Å². The minimum absolute atomic E-state index is 0. The van der Waals surface area contributed by atoms with Crippen molar-refractivity contribution in [2.45, 2.75) is 12.8 Å². The smallest absolute Gasteiger partial charge is 0.0794 e. The van der Waals surface area contributed by atoms with Crippen molar-refractivity contribution in [1.82, 2.24) is 5.32 Å². The number of hydrogen-bond donors (Lipinski definition) is 1. The van der Waals surface area contributed by atoms with Crippen LogP contribution < -0.4 is 5.32 Å². The molecule has 1 heterocycles. The summed E-state index contributed by atoms with van der Waals surface area (Å²) in [6, 6.07) is 0. The number of nitrogens with one attached hydrogen (secondary N) is 1. The van der Waals surface area contributed by atoms with Crippen molar-refractivity contribution < 1.29 is 37.5 Å². The van der Waals surface area contributed by atoms with Gasteiger partial charge in [0.1, 0.15) is 0 Å². The average molecular weight is 229 g/mol. The Labute approximate surface area is 92.9 Å². The predicted octanol–water partition coefficient (Wildman–Crippen LogP) is 0.292. The van der Waals surface area contributed by atoms with Gasteiger partial charge < -0.3 is 28.2 Å². The zero-order chi connectivity index (χ0) is 7.82. The van der Waals surface area contributed by atoms with Crippen LogP contribution in [0.25, 0.3) is 0 Å². The third kappa shape index (κ3) is 13.2. The average Bonchev–Trinajstić information content (AvgIpc) is 2.43. The van der Waals surface area contributed by atoms with Crippen molar-refractivity contribution in [2.75, 3.05) is 13.6 Å². The maximum Gasteiger partial charge on any atom is 0.0794 e. The Hall–Kier alpha value is 0.114. The first-order chi connectivity index (χ1) is 4.77. The molecule has 0 aromatic heterocycles. The van der Waals surface area contributed by atoms with E-state index in [9.17, 15) is 4.79 Å². The number of aliphatic imine (C=N–C) groups is 1. The molecule has 0 aliphatic carbocycles. The summed E-state index contributed by atoms with van der Waals surface area (Å²) in [4.78, 5) is 13.4. The molecule has 0 atom stereocenters. The predicted molar refractivity (Wildman–Crippen MR) is 41.0 cm³/mol. The molecule has 1 N–H and O–H groups in total. The Bertz CT molecular complexity index is 120. The first-order valence-electron chi connectivity index (χ1n) is 3.20. The van der Waals surface area contributed by atoms with Gasteiger partial charge in [-0.25, -0.2) is 0 Å². The molecule has 1 radical (unpaired) electrons. The van der Waals surface area contributed by atoms with Crippen LogP contribution >= 0.6 is 0 Å². The van der Waals surface area contributed by atoms with Crippen molar-refractivity contribution in [3.05, 3.63) is 6.92 Å². The fraction of sp³-hybridized carbons (Fsp3) is 0.571. The molecule has 0 unspecified atom stereocenters. The van der Waals surface area contributed by atoms with Crippen molar-refractivity contribution in [3.63, 3.8) is 0 Å². The second-order valence-corrected chi connectivity index (χ2v) is 1.82. The molecule has 1 amide bonds. The second kappa shape index (κ2) is 10.1. The van der Waals surface area contributed by atoms with Crippen molar-refractivity contribution >= 4 is 12.1 Å². The maximum absolute atomic E-state index is 9.59. The van der Waals surface area contributed by atoms with Gasteiger partial charge in [0.25, 0.3) is 0 Å². The summed E-state index contributed by atoms with van der Waals surface area (Å²) >= 11 is 0. The zero-order valence-corrected chi connectivity index (χ0v) is 9.60. The van der Waals surface area contributed by atoms with E-state index >= 15 is 0 Å². The summed E-state index contributed by atoms with van der Waals surface area (Å²) in [6.07, 6.45) is 5.15. The van der Waals surface area contributed by atoms with Crippen LogP contribution in [0.5, 0.6) is 0 Å². The van der Waals surface area contributed by atoms with E-state index in [2.05, 4.69) is 23.4 Å². The number of carbonyl (C=O) groups is 1. The number of rotatable bonds is 0. The molecule has 0 fully saturated rings. The molecular weight excluding hydrogens is 217 g/mol. The van der Waals surface area contributed by atoms with Crippen LogP contribution in [0.3, 0.4) is 0 Å². The molecule has 4 heteroatoms. The topological polar surface area (TPSA) is 41.5 Å². The third-order valence-electron chi connectivity index (χ3n) is 0.949. The van der Waals surface area contributed by atoms with Crippen molar-refractivity contribution in [3.8, 4) is 0 Å². The van der Waals surface area contributed by atoms with Crippen LogP contribution in [-0.2, 0) is 37.5 Å². The number of carbonyl (C=O) groups excluding carboxylic acids is 1. The number of nitrogens with zero attached hydrogens (tertiary/aromatic N) is 1. The fourth-order valence-corrected chi connectivity index (χ4v) is 0.395.